The summed E-state index contributed by atoms with van der Waals surface area (Å²) in [5.74, 6) is -0.906. The van der Waals surface area contributed by atoms with E-state index >= 15 is 0 Å². The van der Waals surface area contributed by atoms with Crippen LogP contribution in [0.25, 0.3) is 0 Å². The van der Waals surface area contributed by atoms with E-state index in [9.17, 15) is 14.4 Å². The molecule has 0 saturated heterocycles. The molecular weight excluding hydrogens is 961 g/mol. The van der Waals surface area contributed by atoms with Crippen LogP contribution in [0.5, 0.6) is 0 Å². The Kier molecular flexibility index (Phi) is 61.8. The highest BCUT2D eigenvalue weighted by Crippen LogP contribution is 2.15. The lowest BCUT2D eigenvalue weighted by Crippen LogP contribution is -2.30. The Balaban J connectivity index is 4.28. The van der Waals surface area contributed by atoms with E-state index in [-0.39, 0.29) is 31.1 Å². The van der Waals surface area contributed by atoms with Gasteiger partial charge in [-0.25, -0.2) is 0 Å². The Morgan fingerprint density at radius 1 is 0.269 bits per heavy atom. The molecule has 0 aliphatic carbocycles. The van der Waals surface area contributed by atoms with Crippen molar-refractivity contribution >= 4 is 17.9 Å². The average Bonchev–Trinajstić information content (AvgIpc) is 3.44. The Hall–Kier alpha value is -4.19. The Bertz CT molecular complexity index is 1620. The second-order valence-corrected chi connectivity index (χ2v) is 21.3. The van der Waals surface area contributed by atoms with E-state index in [1.54, 1.807) is 0 Å². The van der Waals surface area contributed by atoms with Crippen molar-refractivity contribution < 1.29 is 28.6 Å². The molecule has 0 amide bonds. The first-order chi connectivity index (χ1) is 38.5. The zero-order valence-electron chi connectivity index (χ0n) is 50.9. The summed E-state index contributed by atoms with van der Waals surface area (Å²) in [6.07, 6.45) is 90.6. The molecule has 0 fully saturated rings. The summed E-state index contributed by atoms with van der Waals surface area (Å²) in [4.78, 5) is 38.3. The maximum Gasteiger partial charge on any atom is 0.306 e. The molecule has 0 rings (SSSR count). The van der Waals surface area contributed by atoms with Crippen molar-refractivity contribution in [2.75, 3.05) is 13.2 Å². The average molecular weight is 1080 g/mol. The molecular formula is C72H120O6. The van der Waals surface area contributed by atoms with E-state index in [4.69, 9.17) is 14.2 Å². The highest BCUT2D eigenvalue weighted by molar-refractivity contribution is 5.71. The Labute approximate surface area is 482 Å². The minimum Gasteiger partial charge on any atom is -0.462 e. The van der Waals surface area contributed by atoms with Gasteiger partial charge in [-0.15, -0.1) is 0 Å². The molecule has 0 N–H and O–H groups in total. The van der Waals surface area contributed by atoms with E-state index in [1.807, 2.05) is 0 Å². The Morgan fingerprint density at radius 3 is 0.795 bits per heavy atom. The van der Waals surface area contributed by atoms with Gasteiger partial charge in [0, 0.05) is 19.3 Å². The first-order valence-electron chi connectivity index (χ1n) is 32.5. The number of hydrogen-bond donors (Lipinski definition) is 0. The normalized spacial score (nSPS) is 12.9. The van der Waals surface area contributed by atoms with Crippen molar-refractivity contribution in [1.29, 1.82) is 0 Å². The molecule has 6 nitrogen and oxygen atoms in total. The van der Waals surface area contributed by atoms with Crippen LogP contribution >= 0.6 is 0 Å². The minimum absolute atomic E-state index is 0.0881. The monoisotopic (exact) mass is 1080 g/mol. The molecule has 0 aromatic rings. The predicted molar refractivity (Wildman–Crippen MR) is 339 cm³/mol. The summed E-state index contributed by atoms with van der Waals surface area (Å²) in [6.45, 7) is 6.47. The first-order valence-corrected chi connectivity index (χ1v) is 32.5. The van der Waals surface area contributed by atoms with Gasteiger partial charge in [0.1, 0.15) is 13.2 Å². The second kappa shape index (κ2) is 65.3. The maximum absolute atomic E-state index is 12.9. The van der Waals surface area contributed by atoms with Gasteiger partial charge in [0.15, 0.2) is 6.10 Å². The van der Waals surface area contributed by atoms with E-state index in [1.165, 1.54) is 128 Å². The molecule has 0 aromatic heterocycles. The number of carbonyl (C=O) groups is 3. The van der Waals surface area contributed by atoms with Gasteiger partial charge in [-0.1, -0.05) is 264 Å². The van der Waals surface area contributed by atoms with Crippen LogP contribution in [-0.2, 0) is 28.6 Å². The first kappa shape index (κ1) is 73.8. The van der Waals surface area contributed by atoms with E-state index in [0.717, 1.165) is 128 Å². The maximum atomic E-state index is 12.9. The molecule has 78 heavy (non-hydrogen) atoms. The van der Waals surface area contributed by atoms with Gasteiger partial charge in [-0.05, 0) is 135 Å². The molecule has 1 atom stereocenters. The van der Waals surface area contributed by atoms with Crippen molar-refractivity contribution in [2.45, 2.75) is 303 Å². The molecule has 0 saturated carbocycles. The van der Waals surface area contributed by atoms with E-state index in [2.05, 4.69) is 142 Å². The zero-order valence-corrected chi connectivity index (χ0v) is 50.9. The van der Waals surface area contributed by atoms with E-state index in [0.29, 0.717) is 19.3 Å². The van der Waals surface area contributed by atoms with Crippen molar-refractivity contribution in [2.24, 2.45) is 0 Å². The molecule has 0 heterocycles. The highest BCUT2D eigenvalue weighted by atomic mass is 16.6. The van der Waals surface area contributed by atoms with Crippen molar-refractivity contribution in [3.8, 4) is 0 Å². The number of esters is 3. The summed E-state index contributed by atoms with van der Waals surface area (Å²) < 4.78 is 16.9. The summed E-state index contributed by atoms with van der Waals surface area (Å²) in [5.41, 5.74) is 0. The van der Waals surface area contributed by atoms with Gasteiger partial charge in [0.25, 0.3) is 0 Å². The van der Waals surface area contributed by atoms with Gasteiger partial charge in [-0.3, -0.25) is 14.4 Å². The van der Waals surface area contributed by atoms with Crippen LogP contribution in [0.2, 0.25) is 0 Å². The fourth-order valence-electron chi connectivity index (χ4n) is 8.80. The second-order valence-electron chi connectivity index (χ2n) is 21.3. The van der Waals surface area contributed by atoms with Crippen LogP contribution in [0, 0.1) is 0 Å². The molecule has 0 radical (unpaired) electrons. The number of allylic oxidation sites excluding steroid dienone is 20. The number of carbonyl (C=O) groups excluding carboxylic acids is 3. The third kappa shape index (κ3) is 62.7. The molecule has 0 aliphatic rings. The fourth-order valence-corrected chi connectivity index (χ4v) is 8.80. The van der Waals surface area contributed by atoms with Gasteiger partial charge in [-0.2, -0.15) is 0 Å². The van der Waals surface area contributed by atoms with Crippen LogP contribution in [0.1, 0.15) is 297 Å². The fraction of sp³-hybridized carbons (Fsp3) is 0.681. The van der Waals surface area contributed by atoms with Gasteiger partial charge in [0.2, 0.25) is 0 Å². The number of rotatable bonds is 58. The topological polar surface area (TPSA) is 78.9 Å². The van der Waals surface area contributed by atoms with Crippen LogP contribution in [0.15, 0.2) is 122 Å². The van der Waals surface area contributed by atoms with Gasteiger partial charge in [0.05, 0.1) is 0 Å². The lowest BCUT2D eigenvalue weighted by molar-refractivity contribution is -0.167. The lowest BCUT2D eigenvalue weighted by Gasteiger charge is -2.18. The summed E-state index contributed by atoms with van der Waals surface area (Å²) >= 11 is 0. The highest BCUT2D eigenvalue weighted by Gasteiger charge is 2.19. The van der Waals surface area contributed by atoms with Crippen molar-refractivity contribution in [3.63, 3.8) is 0 Å². The Morgan fingerprint density at radius 2 is 0.500 bits per heavy atom. The zero-order chi connectivity index (χ0) is 56.4. The van der Waals surface area contributed by atoms with Crippen molar-refractivity contribution in [1.82, 2.24) is 0 Å². The number of hydrogen-bond acceptors (Lipinski definition) is 6. The third-order valence-electron chi connectivity index (χ3n) is 13.7. The molecule has 0 spiro atoms. The molecule has 1 unspecified atom stereocenters. The molecule has 0 aromatic carbocycles. The van der Waals surface area contributed by atoms with Crippen molar-refractivity contribution in [3.05, 3.63) is 122 Å². The standard InChI is InChI=1S/C72H120O6/c1-4-7-10-13-16-19-22-25-27-29-30-31-32-33-34-35-36-37-38-39-40-41-42-44-45-47-50-53-56-59-62-65-71(74)77-68-69(67-76-70(73)64-61-58-55-52-49-24-21-18-15-12-9-6-3)78-72(75)66-63-60-57-54-51-48-46-43-28-26-23-20-17-14-11-8-5-2/h7,10,16-21,25-28,30-31,33-34,36-37,39-40,69H,4-6,8-9,11-15,22-24,29,32,35,38,41-68H2,1-3H3/b10-7-,19-16-,20-17-,21-18-,27-25-,28-26-,31-30-,34-33-,37-36-,40-39-. The quantitative estimate of drug-likeness (QED) is 0.0261. The minimum atomic E-state index is -0.791. The van der Waals surface area contributed by atoms with Crippen LogP contribution in [0.3, 0.4) is 0 Å². The molecule has 0 aliphatic heterocycles. The molecule has 444 valence electrons. The van der Waals surface area contributed by atoms with Crippen LogP contribution in [0.4, 0.5) is 0 Å². The lowest BCUT2D eigenvalue weighted by atomic mass is 10.1. The van der Waals surface area contributed by atoms with Crippen LogP contribution in [-0.4, -0.2) is 37.2 Å². The smallest absolute Gasteiger partial charge is 0.306 e. The van der Waals surface area contributed by atoms with Crippen LogP contribution < -0.4 is 0 Å². The van der Waals surface area contributed by atoms with Gasteiger partial charge >= 0.3 is 17.9 Å². The van der Waals surface area contributed by atoms with E-state index < -0.39 is 6.10 Å². The van der Waals surface area contributed by atoms with Gasteiger partial charge < -0.3 is 14.2 Å². The third-order valence-corrected chi connectivity index (χ3v) is 13.7. The molecule has 6 heteroatoms. The SMILES string of the molecule is CC/C=C\C/C=C\C/C=C\C/C=C\C/C=C\C/C=C\C/C=C\CCCCCCCCCCCC(=O)OCC(COC(=O)CCCCCCC/C=C\CCCCC)OC(=O)CCCCCCCCC/C=C\C/C=C\CCCCC. The largest absolute Gasteiger partial charge is 0.462 e. The molecule has 0 bridgehead atoms. The predicted octanol–water partition coefficient (Wildman–Crippen LogP) is 22.4. The summed E-state index contributed by atoms with van der Waals surface area (Å²) in [7, 11) is 0. The number of ether oxygens (including phenoxy) is 3. The number of unbranched alkanes of at least 4 members (excludes halogenated alkanes) is 27. The summed E-state index contributed by atoms with van der Waals surface area (Å²) in [6, 6.07) is 0. The summed E-state index contributed by atoms with van der Waals surface area (Å²) in [5, 5.41) is 0.